The molecule has 0 saturated carbocycles. The maximum Gasteiger partial charge on any atom is 0.404 e. The molecule has 3 aliphatic heterocycles. The van der Waals surface area contributed by atoms with Crippen molar-refractivity contribution in [1.82, 2.24) is 20.9 Å². The maximum atomic E-state index is 12.6. The van der Waals surface area contributed by atoms with Crippen molar-refractivity contribution in [3.8, 4) is 0 Å². The fraction of sp³-hybridized carbons (Fsp3) is 0.706. The first-order chi connectivity index (χ1) is 15.7. The molecule has 3 rings (SSSR count). The van der Waals surface area contributed by atoms with Crippen LogP contribution in [0.5, 0.6) is 0 Å². The molecule has 3 amide bonds. The van der Waals surface area contributed by atoms with E-state index in [1.165, 1.54) is 7.05 Å². The van der Waals surface area contributed by atoms with Gasteiger partial charge in [-0.15, -0.1) is 0 Å². The predicted octanol–water partition coefficient (Wildman–Crippen LogP) is -5.88. The molecule has 0 aromatic heterocycles. The van der Waals surface area contributed by atoms with E-state index in [0.29, 0.717) is 0 Å². The Hall–Kier alpha value is -3.21. The van der Waals surface area contributed by atoms with Gasteiger partial charge in [0, 0.05) is 13.6 Å². The number of likely N-dealkylation sites (N-methyl/N-ethyl adjacent to an activating group) is 1. The molecule has 0 radical (unpaired) electrons. The van der Waals surface area contributed by atoms with E-state index in [2.05, 4.69) is 25.9 Å². The van der Waals surface area contributed by atoms with Gasteiger partial charge in [0.2, 0.25) is 11.8 Å². The van der Waals surface area contributed by atoms with Gasteiger partial charge in [0.1, 0.15) is 24.8 Å². The van der Waals surface area contributed by atoms with Crippen molar-refractivity contribution in [3.05, 3.63) is 0 Å². The monoisotopic (exact) mass is 472 g/mol. The van der Waals surface area contributed by atoms with Crippen LogP contribution in [0.25, 0.3) is 0 Å². The number of aliphatic hydroxyl groups excluding tert-OH is 3. The number of aliphatic hydroxyl groups is 3. The molecule has 0 spiro atoms. The third-order valence-corrected chi connectivity index (χ3v) is 5.65. The summed E-state index contributed by atoms with van der Waals surface area (Å²) in [5.41, 5.74) is 10.4. The van der Waals surface area contributed by atoms with E-state index >= 15 is 0 Å². The zero-order valence-corrected chi connectivity index (χ0v) is 17.7. The van der Waals surface area contributed by atoms with E-state index in [1.54, 1.807) is 0 Å². The molecule has 8 atom stereocenters. The normalized spacial score (nSPS) is 35.8. The first-order valence-corrected chi connectivity index (χ1v) is 10.1. The lowest BCUT2D eigenvalue weighted by molar-refractivity contribution is -0.215. The first-order valence-electron chi connectivity index (χ1n) is 10.1. The number of rotatable bonds is 6. The molecular formula is C17H28N8O8. The Morgan fingerprint density at radius 1 is 1.45 bits per heavy atom. The Bertz CT molecular complexity index is 825. The molecule has 2 fully saturated rings. The van der Waals surface area contributed by atoms with E-state index in [4.69, 9.17) is 20.9 Å². The van der Waals surface area contributed by atoms with Crippen LogP contribution in [0.4, 0.5) is 4.79 Å². The molecule has 8 unspecified atom stereocenters. The van der Waals surface area contributed by atoms with Gasteiger partial charge in [0.25, 0.3) is 0 Å². The highest BCUT2D eigenvalue weighted by Crippen LogP contribution is 2.27. The lowest BCUT2D eigenvalue weighted by atomic mass is 9.94. The van der Waals surface area contributed by atoms with Gasteiger partial charge in [0.15, 0.2) is 24.3 Å². The lowest BCUT2D eigenvalue weighted by Crippen LogP contribution is -2.70. The van der Waals surface area contributed by atoms with E-state index in [1.807, 2.05) is 0 Å². The van der Waals surface area contributed by atoms with E-state index in [9.17, 15) is 29.7 Å². The van der Waals surface area contributed by atoms with Crippen LogP contribution in [-0.4, -0.2) is 126 Å². The number of carbonyl (C=O) groups excluding carboxylic acids is 3. The second-order valence-corrected chi connectivity index (χ2v) is 7.70. The summed E-state index contributed by atoms with van der Waals surface area (Å²) in [6, 6.07) is -2.77. The first kappa shape index (κ1) is 24.4. The number of carbonyl (C=O) groups is 3. The Morgan fingerprint density at radius 2 is 2.18 bits per heavy atom. The molecule has 16 nitrogen and oxygen atoms in total. The summed E-state index contributed by atoms with van der Waals surface area (Å²) in [6.45, 7) is -0.939. The van der Waals surface area contributed by atoms with Gasteiger partial charge in [-0.2, -0.15) is 0 Å². The molecule has 3 aliphatic rings. The summed E-state index contributed by atoms with van der Waals surface area (Å²) in [7, 11) is 1.36. The largest absolute Gasteiger partial charge is 0.441 e. The average Bonchev–Trinajstić information content (AvgIpc) is 3.21. The Morgan fingerprint density at radius 3 is 2.79 bits per heavy atom. The second kappa shape index (κ2) is 10.2. The van der Waals surface area contributed by atoms with Crippen molar-refractivity contribution in [2.75, 3.05) is 26.7 Å². The quantitative estimate of drug-likeness (QED) is 0.133. The molecule has 184 valence electrons. The van der Waals surface area contributed by atoms with Crippen LogP contribution in [0.15, 0.2) is 9.98 Å². The van der Waals surface area contributed by atoms with Crippen molar-refractivity contribution in [2.24, 2.45) is 21.5 Å². The highest BCUT2D eigenvalue weighted by molar-refractivity contribution is 5.92. The SMILES string of the molecule is CN(C(=O)CN=CN)C1C(NC2=NC3C(=O)NCC(O)C3N2)OC(CO)C(O)C1OC(N)=O. The third-order valence-electron chi connectivity index (χ3n) is 5.65. The number of aliphatic imine (C=N–C) groups is 2. The van der Waals surface area contributed by atoms with Crippen LogP contribution in [0.1, 0.15) is 0 Å². The molecule has 10 N–H and O–H groups in total. The smallest absolute Gasteiger partial charge is 0.404 e. The topological polar surface area (TPSA) is 246 Å². The van der Waals surface area contributed by atoms with E-state index < -0.39 is 67.4 Å². The minimum atomic E-state index is -1.53. The highest BCUT2D eigenvalue weighted by Gasteiger charge is 2.51. The Labute approximate surface area is 188 Å². The number of nitrogens with two attached hydrogens (primary N) is 2. The maximum absolute atomic E-state index is 12.6. The van der Waals surface area contributed by atoms with Gasteiger partial charge >= 0.3 is 6.09 Å². The number of ether oxygens (including phenoxy) is 2. The van der Waals surface area contributed by atoms with E-state index in [0.717, 1.165) is 11.2 Å². The number of nitrogens with zero attached hydrogens (tertiary/aromatic N) is 3. The summed E-state index contributed by atoms with van der Waals surface area (Å²) >= 11 is 0. The molecule has 33 heavy (non-hydrogen) atoms. The van der Waals surface area contributed by atoms with Crippen molar-refractivity contribution >= 4 is 30.2 Å². The molecule has 0 aromatic carbocycles. The number of fused-ring (bicyclic) bond motifs is 1. The standard InChI is InChI=1S/C17H28N8O8/c1-25(8(28)3-20-5-18)11-13(33-16(19)31)12(29)7(4-26)32-15(11)24-17-22-9-6(27)2-21-14(30)10(9)23-17/h5-7,9-13,15,26-27,29H,2-4H2,1H3,(H2,18,20)(H2,19,31)(H,21,30)(H2,22,23,24). The summed E-state index contributed by atoms with van der Waals surface area (Å²) in [6.07, 6.45) is -6.53. The lowest BCUT2D eigenvalue weighted by Gasteiger charge is -2.47. The van der Waals surface area contributed by atoms with Gasteiger partial charge in [-0.25, -0.2) is 9.79 Å². The van der Waals surface area contributed by atoms with Gasteiger partial charge in [-0.05, 0) is 0 Å². The van der Waals surface area contributed by atoms with Crippen LogP contribution in [-0.2, 0) is 19.1 Å². The number of amides is 3. The molecule has 0 bridgehead atoms. The number of guanidine groups is 1. The molecule has 2 saturated heterocycles. The van der Waals surface area contributed by atoms with Gasteiger partial charge in [-0.1, -0.05) is 0 Å². The number of hydrogen-bond acceptors (Lipinski definition) is 12. The predicted molar refractivity (Wildman–Crippen MR) is 111 cm³/mol. The molecule has 0 aliphatic carbocycles. The number of primary amides is 1. The van der Waals surface area contributed by atoms with Crippen LogP contribution < -0.4 is 27.4 Å². The van der Waals surface area contributed by atoms with Gasteiger partial charge in [-0.3, -0.25) is 14.6 Å². The summed E-state index contributed by atoms with van der Waals surface area (Å²) in [5, 5.41) is 38.7. The van der Waals surface area contributed by atoms with Crippen LogP contribution in [0, 0.1) is 0 Å². The van der Waals surface area contributed by atoms with E-state index in [-0.39, 0.29) is 25.0 Å². The zero-order chi connectivity index (χ0) is 24.3. The zero-order valence-electron chi connectivity index (χ0n) is 17.7. The van der Waals surface area contributed by atoms with Crippen molar-refractivity contribution < 1.29 is 39.2 Å². The second-order valence-electron chi connectivity index (χ2n) is 7.70. The molecule has 0 aromatic rings. The van der Waals surface area contributed by atoms with Crippen molar-refractivity contribution in [2.45, 2.75) is 48.8 Å². The third kappa shape index (κ3) is 5.08. The van der Waals surface area contributed by atoms with Gasteiger partial charge < -0.3 is 57.1 Å². The number of β-amino-alcohol motifs (C(OH)–C–C–N with tert-alkyl or cyclic N) is 1. The molecule has 16 heteroatoms. The molecule has 3 heterocycles. The van der Waals surface area contributed by atoms with Crippen molar-refractivity contribution in [1.29, 1.82) is 0 Å². The summed E-state index contributed by atoms with van der Waals surface area (Å²) in [5.74, 6) is -0.890. The average molecular weight is 472 g/mol. The Balaban J connectivity index is 1.89. The summed E-state index contributed by atoms with van der Waals surface area (Å²) < 4.78 is 10.8. The minimum absolute atomic E-state index is 0.0462. The van der Waals surface area contributed by atoms with Crippen LogP contribution in [0.2, 0.25) is 0 Å². The Kier molecular flexibility index (Phi) is 7.52. The number of piperidine rings is 1. The van der Waals surface area contributed by atoms with Crippen LogP contribution in [0.3, 0.4) is 0 Å². The van der Waals surface area contributed by atoms with Crippen molar-refractivity contribution in [3.63, 3.8) is 0 Å². The van der Waals surface area contributed by atoms with Gasteiger partial charge in [0.05, 0.1) is 25.1 Å². The fourth-order valence-electron chi connectivity index (χ4n) is 3.98. The molecular weight excluding hydrogens is 444 g/mol. The minimum Gasteiger partial charge on any atom is -0.441 e. The number of nitrogens with one attached hydrogen (secondary N) is 3. The van der Waals surface area contributed by atoms with Crippen LogP contribution >= 0.6 is 0 Å². The fourth-order valence-corrected chi connectivity index (χ4v) is 3.98. The highest BCUT2D eigenvalue weighted by atomic mass is 16.6. The summed E-state index contributed by atoms with van der Waals surface area (Å²) in [4.78, 5) is 45.2. The number of hydrogen-bond donors (Lipinski definition) is 8.